The Kier molecular flexibility index (Phi) is 6.03. The number of carbonyl (C=O) groups is 1. The number of carboxylic acid groups (broad SMARTS) is 1. The molecule has 0 bridgehead atoms. The van der Waals surface area contributed by atoms with Gasteiger partial charge in [-0.25, -0.2) is 15.0 Å². The number of aromatic nitrogens is 2. The smallest absolute Gasteiger partial charge is 0.290 e. The Hall–Kier alpha value is -3.94. The second-order valence-corrected chi connectivity index (χ2v) is 6.14. The number of rotatable bonds is 4. The highest BCUT2D eigenvalue weighted by atomic mass is 16.5. The van der Waals surface area contributed by atoms with Gasteiger partial charge in [0, 0.05) is 18.0 Å². The molecule has 0 saturated heterocycles. The summed E-state index contributed by atoms with van der Waals surface area (Å²) in [7, 11) is 1.64. The van der Waals surface area contributed by atoms with Gasteiger partial charge in [0.05, 0.1) is 7.11 Å². The van der Waals surface area contributed by atoms with Crippen LogP contribution in [0.5, 0.6) is 5.75 Å². The van der Waals surface area contributed by atoms with E-state index in [1.54, 1.807) is 19.5 Å². The minimum Gasteiger partial charge on any atom is -0.497 e. The number of aliphatic imine (C=N–C) groups is 1. The zero-order valence-electron chi connectivity index (χ0n) is 15.7. The highest BCUT2D eigenvalue weighted by Crippen LogP contribution is 2.39. The van der Waals surface area contributed by atoms with E-state index >= 15 is 0 Å². The first-order valence-electron chi connectivity index (χ1n) is 8.69. The monoisotopic (exact) mass is 392 g/mol. The second kappa shape index (κ2) is 8.83. The molecule has 0 aliphatic carbocycles. The number of hydrogen-bond acceptors (Lipinski definition) is 7. The van der Waals surface area contributed by atoms with Crippen LogP contribution in [0.15, 0.2) is 72.2 Å². The summed E-state index contributed by atoms with van der Waals surface area (Å²) in [5.74, 6) is 0.787. The number of nitrogens with two attached hydrogens (primary N) is 1. The van der Waals surface area contributed by atoms with Crippen LogP contribution in [0.25, 0.3) is 11.1 Å². The Morgan fingerprint density at radius 1 is 1.10 bits per heavy atom. The maximum atomic E-state index is 8.36. The van der Waals surface area contributed by atoms with Crippen molar-refractivity contribution in [3.8, 4) is 16.9 Å². The van der Waals surface area contributed by atoms with Crippen molar-refractivity contribution in [1.29, 1.82) is 0 Å². The van der Waals surface area contributed by atoms with Gasteiger partial charge < -0.3 is 20.3 Å². The molecule has 8 nitrogen and oxygen atoms in total. The lowest BCUT2D eigenvalue weighted by atomic mass is 9.83. The van der Waals surface area contributed by atoms with Gasteiger partial charge in [0.1, 0.15) is 18.7 Å². The van der Waals surface area contributed by atoms with Gasteiger partial charge in [0.2, 0.25) is 0 Å². The quantitative estimate of drug-likeness (QED) is 0.654. The molecule has 0 radical (unpaired) electrons. The van der Waals surface area contributed by atoms with Crippen molar-refractivity contribution in [2.75, 3.05) is 13.7 Å². The van der Waals surface area contributed by atoms with Gasteiger partial charge >= 0.3 is 0 Å². The van der Waals surface area contributed by atoms with Crippen LogP contribution in [0.2, 0.25) is 0 Å². The number of benzene rings is 2. The standard InChI is InChI=1S/C20H18N4O2.CH2O2/c1-25-18-7-5-16(6-8-18)20(12-26-19(21)24-20)17-4-2-3-14(9-17)15-10-22-13-23-11-15;2-1-3/h2-11,13H,12H2,1H3,(H2,21,24);1H,(H,2,3). The molecule has 1 atom stereocenters. The van der Waals surface area contributed by atoms with Crippen LogP contribution in [0.3, 0.4) is 0 Å². The van der Waals surface area contributed by atoms with Gasteiger partial charge in [-0.05, 0) is 34.9 Å². The van der Waals surface area contributed by atoms with Crippen LogP contribution in [-0.4, -0.2) is 41.3 Å². The van der Waals surface area contributed by atoms with Crippen LogP contribution in [0.4, 0.5) is 0 Å². The Balaban J connectivity index is 0.000000755. The molecule has 1 aromatic heterocycles. The first kappa shape index (κ1) is 19.8. The van der Waals surface area contributed by atoms with E-state index in [1.807, 2.05) is 42.5 Å². The molecule has 3 N–H and O–H groups in total. The Labute approximate surface area is 167 Å². The normalized spacial score (nSPS) is 17.3. The van der Waals surface area contributed by atoms with Gasteiger partial charge in [-0.2, -0.15) is 0 Å². The lowest BCUT2D eigenvalue weighted by Crippen LogP contribution is -2.27. The molecule has 0 spiro atoms. The van der Waals surface area contributed by atoms with E-state index in [4.69, 9.17) is 25.1 Å². The second-order valence-electron chi connectivity index (χ2n) is 6.14. The maximum Gasteiger partial charge on any atom is 0.290 e. The molecular weight excluding hydrogens is 372 g/mol. The first-order chi connectivity index (χ1) is 14.1. The van der Waals surface area contributed by atoms with Gasteiger partial charge in [-0.3, -0.25) is 4.79 Å². The van der Waals surface area contributed by atoms with Crippen molar-refractivity contribution in [3.05, 3.63) is 78.4 Å². The fourth-order valence-corrected chi connectivity index (χ4v) is 3.16. The highest BCUT2D eigenvalue weighted by molar-refractivity contribution is 5.75. The third kappa shape index (κ3) is 4.16. The largest absolute Gasteiger partial charge is 0.497 e. The fraction of sp³-hybridized carbons (Fsp3) is 0.143. The molecule has 3 aromatic rings. The molecule has 148 valence electrons. The lowest BCUT2D eigenvalue weighted by molar-refractivity contribution is -0.122. The summed E-state index contributed by atoms with van der Waals surface area (Å²) in [4.78, 5) is 21.2. The van der Waals surface area contributed by atoms with Crippen molar-refractivity contribution < 1.29 is 19.4 Å². The maximum absolute atomic E-state index is 8.36. The van der Waals surface area contributed by atoms with Crippen molar-refractivity contribution in [2.45, 2.75) is 5.54 Å². The zero-order valence-corrected chi connectivity index (χ0v) is 15.7. The molecule has 4 rings (SSSR count). The Bertz CT molecular complexity index is 993. The number of amidine groups is 1. The summed E-state index contributed by atoms with van der Waals surface area (Å²) < 4.78 is 10.8. The predicted molar refractivity (Wildman–Crippen MR) is 108 cm³/mol. The fourth-order valence-electron chi connectivity index (χ4n) is 3.16. The average molecular weight is 392 g/mol. The molecule has 29 heavy (non-hydrogen) atoms. The van der Waals surface area contributed by atoms with E-state index in [9.17, 15) is 0 Å². The molecule has 2 heterocycles. The summed E-state index contributed by atoms with van der Waals surface area (Å²) in [6.45, 7) is 0.0971. The molecule has 1 aliphatic heterocycles. The zero-order chi connectivity index (χ0) is 20.7. The summed E-state index contributed by atoms with van der Waals surface area (Å²) in [5, 5.41) is 6.89. The molecule has 2 aromatic carbocycles. The Morgan fingerprint density at radius 3 is 2.38 bits per heavy atom. The van der Waals surface area contributed by atoms with Crippen LogP contribution in [0.1, 0.15) is 11.1 Å². The van der Waals surface area contributed by atoms with Crippen molar-refractivity contribution in [3.63, 3.8) is 0 Å². The molecular formula is C21H20N4O4. The van der Waals surface area contributed by atoms with E-state index in [1.165, 1.54) is 6.33 Å². The van der Waals surface area contributed by atoms with E-state index < -0.39 is 5.54 Å². The van der Waals surface area contributed by atoms with Crippen LogP contribution in [-0.2, 0) is 15.1 Å². The average Bonchev–Trinajstić information content (AvgIpc) is 3.18. The van der Waals surface area contributed by atoms with E-state index in [0.29, 0.717) is 6.61 Å². The first-order valence-corrected chi connectivity index (χ1v) is 8.69. The van der Waals surface area contributed by atoms with E-state index in [2.05, 4.69) is 21.0 Å². The minimum atomic E-state index is -0.692. The van der Waals surface area contributed by atoms with Crippen molar-refractivity contribution in [2.24, 2.45) is 10.7 Å². The molecule has 0 saturated carbocycles. The SMILES string of the molecule is COc1ccc(C2(c3cccc(-c4cncnc4)c3)COC(N)=N2)cc1.O=CO. The molecule has 1 aliphatic rings. The molecule has 1 unspecified atom stereocenters. The van der Waals surface area contributed by atoms with Gasteiger partial charge in [-0.15, -0.1) is 0 Å². The number of methoxy groups -OCH3 is 1. The Morgan fingerprint density at radius 2 is 1.79 bits per heavy atom. The van der Waals surface area contributed by atoms with Crippen molar-refractivity contribution >= 4 is 12.5 Å². The number of nitrogens with zero attached hydrogens (tertiary/aromatic N) is 3. The third-order valence-corrected chi connectivity index (χ3v) is 4.53. The topological polar surface area (TPSA) is 120 Å². The summed E-state index contributed by atoms with van der Waals surface area (Å²) >= 11 is 0. The van der Waals surface area contributed by atoms with Gasteiger partial charge in [-0.1, -0.05) is 30.3 Å². The summed E-state index contributed by atoms with van der Waals surface area (Å²) in [6, 6.07) is 16.1. The number of ether oxygens (including phenoxy) is 2. The van der Waals surface area contributed by atoms with Gasteiger partial charge in [0.25, 0.3) is 12.5 Å². The molecule has 0 amide bonds. The highest BCUT2D eigenvalue weighted by Gasteiger charge is 2.40. The van der Waals surface area contributed by atoms with Crippen LogP contribution in [0, 0.1) is 0 Å². The minimum absolute atomic E-state index is 0.189. The lowest BCUT2D eigenvalue weighted by Gasteiger charge is -2.26. The van der Waals surface area contributed by atoms with E-state index in [-0.39, 0.29) is 12.5 Å². The van der Waals surface area contributed by atoms with Gasteiger partial charge in [0.15, 0.2) is 5.54 Å². The predicted octanol–water partition coefficient (Wildman–Crippen LogP) is 2.44. The van der Waals surface area contributed by atoms with Crippen molar-refractivity contribution in [1.82, 2.24) is 9.97 Å². The third-order valence-electron chi connectivity index (χ3n) is 4.53. The van der Waals surface area contributed by atoms with Crippen LogP contribution < -0.4 is 10.5 Å². The summed E-state index contributed by atoms with van der Waals surface area (Å²) in [5.41, 5.74) is 9.11. The van der Waals surface area contributed by atoms with Crippen LogP contribution >= 0.6 is 0 Å². The molecule has 0 fully saturated rings. The molecule has 8 heteroatoms. The summed E-state index contributed by atoms with van der Waals surface area (Å²) in [6.07, 6.45) is 5.09. The number of hydrogen-bond donors (Lipinski definition) is 2. The van der Waals surface area contributed by atoms with E-state index in [0.717, 1.165) is 28.0 Å².